The highest BCUT2D eigenvalue weighted by Crippen LogP contribution is 2.44. The van der Waals surface area contributed by atoms with Gasteiger partial charge in [0.25, 0.3) is 0 Å². The molecule has 8 heteroatoms. The molecule has 0 aliphatic heterocycles. The predicted molar refractivity (Wildman–Crippen MR) is 182 cm³/mol. The van der Waals surface area contributed by atoms with Crippen LogP contribution in [0.2, 0.25) is 0 Å². The third kappa shape index (κ3) is 21.2. The highest BCUT2D eigenvalue weighted by Gasteiger charge is 2.22. The lowest BCUT2D eigenvalue weighted by Gasteiger charge is -2.23. The minimum absolute atomic E-state index is 0.260. The Labute approximate surface area is 265 Å². The zero-order chi connectivity index (χ0) is 30.6. The number of para-hydroxylation sites is 2. The first-order chi connectivity index (χ1) is 21.2. The second-order valence-electron chi connectivity index (χ2n) is 11.1. The van der Waals surface area contributed by atoms with Crippen molar-refractivity contribution in [2.75, 3.05) is 19.8 Å². The summed E-state index contributed by atoms with van der Waals surface area (Å²) in [7, 11) is -3.12. The lowest BCUT2D eigenvalue weighted by molar-refractivity contribution is 0.0994. The van der Waals surface area contributed by atoms with Gasteiger partial charge < -0.3 is 18.1 Å². The SMILES string of the molecule is CCCCCCCCCCOP(OCC(C)OP(OCCCCCCCCCC)Oc1ccccc1)Oc1ccccc1. The zero-order valence-corrected chi connectivity index (χ0v) is 28.9. The molecule has 0 saturated heterocycles. The van der Waals surface area contributed by atoms with Crippen molar-refractivity contribution in [3.8, 4) is 11.5 Å². The van der Waals surface area contributed by atoms with Crippen LogP contribution < -0.4 is 9.05 Å². The molecular formula is C35H58O6P2. The Hall–Kier alpha value is -1.26. The third-order valence-corrected chi connectivity index (χ3v) is 9.31. The van der Waals surface area contributed by atoms with E-state index in [-0.39, 0.29) is 6.10 Å². The van der Waals surface area contributed by atoms with Gasteiger partial charge in [0.2, 0.25) is 0 Å². The standard InChI is InChI=1S/C35H58O6P2/c1-4-6-8-10-12-14-16-24-30-36-42(40-34-26-20-18-21-27-34)38-32-33(3)39-43(41-35-28-22-19-23-29-35)37-31-25-17-15-13-11-9-7-5-2/h18-23,26-29,33H,4-17,24-25,30-32H2,1-3H3. The Morgan fingerprint density at radius 1 is 0.488 bits per heavy atom. The summed E-state index contributed by atoms with van der Waals surface area (Å²) in [6, 6.07) is 19.4. The fraction of sp³-hybridized carbons (Fsp3) is 0.657. The van der Waals surface area contributed by atoms with Gasteiger partial charge in [-0.15, -0.1) is 0 Å². The molecule has 43 heavy (non-hydrogen) atoms. The van der Waals surface area contributed by atoms with Crippen LogP contribution in [0.5, 0.6) is 11.5 Å². The zero-order valence-electron chi connectivity index (χ0n) is 27.1. The van der Waals surface area contributed by atoms with Gasteiger partial charge in [-0.25, -0.2) is 0 Å². The first kappa shape index (κ1) is 37.9. The van der Waals surface area contributed by atoms with Crippen molar-refractivity contribution in [3.63, 3.8) is 0 Å². The van der Waals surface area contributed by atoms with Crippen molar-refractivity contribution in [1.82, 2.24) is 0 Å². The summed E-state index contributed by atoms with van der Waals surface area (Å²) in [6.45, 7) is 8.03. The molecule has 0 fully saturated rings. The number of unbranched alkanes of at least 4 members (excludes halogenated alkanes) is 14. The molecule has 2 rings (SSSR count). The van der Waals surface area contributed by atoms with E-state index < -0.39 is 17.2 Å². The molecule has 0 aliphatic carbocycles. The fourth-order valence-corrected chi connectivity index (χ4v) is 6.56. The van der Waals surface area contributed by atoms with Crippen LogP contribution in [0, 0.1) is 0 Å². The van der Waals surface area contributed by atoms with Crippen molar-refractivity contribution in [2.45, 2.75) is 130 Å². The van der Waals surface area contributed by atoms with Crippen molar-refractivity contribution in [3.05, 3.63) is 60.7 Å². The Bertz CT molecular complexity index is 860. The number of benzene rings is 2. The van der Waals surface area contributed by atoms with Crippen LogP contribution in [0.1, 0.15) is 124 Å². The molecule has 0 aromatic heterocycles. The largest absolute Gasteiger partial charge is 0.427 e. The van der Waals surface area contributed by atoms with Gasteiger partial charge in [0.1, 0.15) is 11.5 Å². The number of hydrogen-bond acceptors (Lipinski definition) is 6. The molecule has 3 atom stereocenters. The Morgan fingerprint density at radius 2 is 0.884 bits per heavy atom. The van der Waals surface area contributed by atoms with Gasteiger partial charge in [0, 0.05) is 0 Å². The highest BCUT2D eigenvalue weighted by molar-refractivity contribution is 7.42. The fourth-order valence-electron chi connectivity index (χ4n) is 4.40. The molecule has 0 N–H and O–H groups in total. The first-order valence-electron chi connectivity index (χ1n) is 16.8. The van der Waals surface area contributed by atoms with Gasteiger partial charge in [0.05, 0.1) is 25.9 Å². The van der Waals surface area contributed by atoms with Gasteiger partial charge in [-0.1, -0.05) is 140 Å². The monoisotopic (exact) mass is 636 g/mol. The highest BCUT2D eigenvalue weighted by atomic mass is 31.2. The summed E-state index contributed by atoms with van der Waals surface area (Å²) in [5.41, 5.74) is 0. The minimum Gasteiger partial charge on any atom is -0.427 e. The van der Waals surface area contributed by atoms with Gasteiger partial charge in [-0.3, -0.25) is 9.05 Å². The normalized spacial score (nSPS) is 13.5. The van der Waals surface area contributed by atoms with E-state index in [0.29, 0.717) is 19.8 Å². The van der Waals surface area contributed by atoms with E-state index in [0.717, 1.165) is 37.2 Å². The maximum atomic E-state index is 6.22. The maximum absolute atomic E-state index is 6.22. The van der Waals surface area contributed by atoms with Crippen LogP contribution >= 0.6 is 17.2 Å². The molecule has 0 amide bonds. The van der Waals surface area contributed by atoms with E-state index in [1.807, 2.05) is 67.6 Å². The molecular weight excluding hydrogens is 578 g/mol. The van der Waals surface area contributed by atoms with Crippen LogP contribution in [-0.4, -0.2) is 25.9 Å². The Kier molecular flexibility index (Phi) is 23.9. The van der Waals surface area contributed by atoms with Gasteiger partial charge >= 0.3 is 17.2 Å². The minimum atomic E-state index is -1.57. The Balaban J connectivity index is 1.77. The molecule has 6 nitrogen and oxygen atoms in total. The van der Waals surface area contributed by atoms with Crippen LogP contribution in [0.25, 0.3) is 0 Å². The molecule has 0 aliphatic rings. The topological polar surface area (TPSA) is 55.4 Å². The van der Waals surface area contributed by atoms with Crippen molar-refractivity contribution >= 4 is 17.2 Å². The average molecular weight is 637 g/mol. The molecule has 3 unspecified atom stereocenters. The molecule has 0 bridgehead atoms. The second-order valence-corrected chi connectivity index (χ2v) is 13.3. The molecule has 0 spiro atoms. The van der Waals surface area contributed by atoms with Crippen molar-refractivity contribution in [2.24, 2.45) is 0 Å². The summed E-state index contributed by atoms with van der Waals surface area (Å²) in [5.74, 6) is 1.47. The molecule has 0 saturated carbocycles. The Morgan fingerprint density at radius 3 is 1.35 bits per heavy atom. The van der Waals surface area contributed by atoms with E-state index in [4.69, 9.17) is 27.1 Å². The number of rotatable bonds is 29. The van der Waals surface area contributed by atoms with E-state index in [2.05, 4.69) is 13.8 Å². The van der Waals surface area contributed by atoms with Gasteiger partial charge in [0.15, 0.2) is 0 Å². The van der Waals surface area contributed by atoms with Crippen LogP contribution in [0.4, 0.5) is 0 Å². The van der Waals surface area contributed by atoms with Crippen LogP contribution in [0.15, 0.2) is 60.7 Å². The summed E-state index contributed by atoms with van der Waals surface area (Å²) < 4.78 is 36.7. The van der Waals surface area contributed by atoms with Crippen LogP contribution in [0.3, 0.4) is 0 Å². The van der Waals surface area contributed by atoms with Crippen molar-refractivity contribution in [1.29, 1.82) is 0 Å². The molecule has 0 heterocycles. The molecule has 0 radical (unpaired) electrons. The molecule has 244 valence electrons. The van der Waals surface area contributed by atoms with Crippen molar-refractivity contribution < 1.29 is 27.1 Å². The third-order valence-electron chi connectivity index (χ3n) is 6.92. The molecule has 2 aromatic rings. The molecule has 2 aromatic carbocycles. The quantitative estimate of drug-likeness (QED) is 0.0654. The van der Waals surface area contributed by atoms with E-state index in [1.54, 1.807) is 0 Å². The second kappa shape index (κ2) is 27.1. The van der Waals surface area contributed by atoms with E-state index in [1.165, 1.54) is 77.0 Å². The summed E-state index contributed by atoms with van der Waals surface area (Å²) >= 11 is 0. The maximum Gasteiger partial charge on any atom is 0.397 e. The van der Waals surface area contributed by atoms with E-state index in [9.17, 15) is 0 Å². The lowest BCUT2D eigenvalue weighted by atomic mass is 10.1. The van der Waals surface area contributed by atoms with E-state index >= 15 is 0 Å². The van der Waals surface area contributed by atoms with Gasteiger partial charge in [-0.2, -0.15) is 0 Å². The number of hydrogen-bond donors (Lipinski definition) is 0. The predicted octanol–water partition coefficient (Wildman–Crippen LogP) is 12.3. The average Bonchev–Trinajstić information content (AvgIpc) is 3.03. The van der Waals surface area contributed by atoms with Gasteiger partial charge in [-0.05, 0) is 44.0 Å². The lowest BCUT2D eigenvalue weighted by Crippen LogP contribution is -2.15. The smallest absolute Gasteiger partial charge is 0.397 e. The van der Waals surface area contributed by atoms with Crippen LogP contribution in [-0.2, 0) is 18.1 Å². The first-order valence-corrected chi connectivity index (χ1v) is 19.0. The summed E-state index contributed by atoms with van der Waals surface area (Å²) in [5, 5.41) is 0. The summed E-state index contributed by atoms with van der Waals surface area (Å²) in [4.78, 5) is 0. The summed E-state index contributed by atoms with van der Waals surface area (Å²) in [6.07, 6.45) is 19.8.